The average Bonchev–Trinajstić information content (AvgIpc) is 0.722. The van der Waals surface area contributed by atoms with Crippen LogP contribution in [0.15, 0.2) is 0 Å². The largest absolute Gasteiger partial charge is 0.435 e. The standard InChI is InChI=1S/FHO3S.Nd/c1-5(2,3)4;/h(H,2,3,4);. The zero-order valence-electron chi connectivity index (χ0n) is 2.55. The minimum absolute atomic E-state index is 0. The van der Waals surface area contributed by atoms with Crippen molar-refractivity contribution >= 4 is 10.5 Å². The Balaban J connectivity index is 0. The number of halogens is 1. The molecule has 0 aromatic carbocycles. The van der Waals surface area contributed by atoms with Gasteiger partial charge in [0.15, 0.2) is 0 Å². The topological polar surface area (TPSA) is 54.4 Å². The number of hydrogen-bond donors (Lipinski definition) is 1. The van der Waals surface area contributed by atoms with E-state index in [0.717, 1.165) is 0 Å². The van der Waals surface area contributed by atoms with Gasteiger partial charge in [-0.2, -0.15) is 8.42 Å². The molecule has 0 radical (unpaired) electrons. The molecule has 0 spiro atoms. The Kier molecular flexibility index (Phi) is 5.50. The summed E-state index contributed by atoms with van der Waals surface area (Å²) in [6, 6.07) is 0. The van der Waals surface area contributed by atoms with Crippen molar-refractivity contribution in [1.82, 2.24) is 0 Å². The molecule has 3 nitrogen and oxygen atoms in total. The van der Waals surface area contributed by atoms with Gasteiger partial charge in [0.2, 0.25) is 0 Å². The summed E-state index contributed by atoms with van der Waals surface area (Å²) in [7, 11) is -5.17. The molecule has 0 atom stereocenters. The van der Waals surface area contributed by atoms with E-state index in [-0.39, 0.29) is 40.8 Å². The summed E-state index contributed by atoms with van der Waals surface area (Å²) >= 11 is 0. The Bertz CT molecular complexity index is 94.0. The van der Waals surface area contributed by atoms with Gasteiger partial charge < -0.3 is 0 Å². The number of rotatable bonds is 0. The van der Waals surface area contributed by atoms with Gasteiger partial charge in [-0.05, 0) is 0 Å². The Hall–Kier alpha value is 1.19. The van der Waals surface area contributed by atoms with Crippen LogP contribution in [-0.2, 0) is 10.5 Å². The molecule has 0 unspecified atom stereocenters. The van der Waals surface area contributed by atoms with Gasteiger partial charge in [-0.15, -0.1) is 0 Å². The third-order valence-corrected chi connectivity index (χ3v) is 0. The summed E-state index contributed by atoms with van der Waals surface area (Å²) in [5.74, 6) is 0. The van der Waals surface area contributed by atoms with Crippen LogP contribution in [-0.4, -0.2) is 13.0 Å². The molecule has 0 amide bonds. The smallest absolute Gasteiger partial charge is 0.260 e. The van der Waals surface area contributed by atoms with Gasteiger partial charge in [0.25, 0.3) is 0 Å². The Morgan fingerprint density at radius 1 is 1.50 bits per heavy atom. The molecule has 6 heavy (non-hydrogen) atoms. The van der Waals surface area contributed by atoms with Crippen LogP contribution < -0.4 is 0 Å². The molecule has 1 N–H and O–H groups in total. The Morgan fingerprint density at radius 2 is 1.50 bits per heavy atom. The summed E-state index contributed by atoms with van der Waals surface area (Å²) < 4.78 is 34.1. The normalized spacial score (nSPS) is 9.67. The van der Waals surface area contributed by atoms with Crippen molar-refractivity contribution in [3.05, 3.63) is 0 Å². The van der Waals surface area contributed by atoms with Gasteiger partial charge in [-0.25, -0.2) is 0 Å². The van der Waals surface area contributed by atoms with E-state index in [2.05, 4.69) is 0 Å². The predicted octanol–water partition coefficient (Wildman–Crippen LogP) is -0.241. The van der Waals surface area contributed by atoms with Crippen LogP contribution in [0.5, 0.6) is 0 Å². The van der Waals surface area contributed by atoms with Crippen LogP contribution in [0.4, 0.5) is 3.89 Å². The monoisotopic (exact) mass is 242 g/mol. The third-order valence-electron chi connectivity index (χ3n) is 0. The first-order chi connectivity index (χ1) is 2.00. The van der Waals surface area contributed by atoms with Crippen LogP contribution >= 0.6 is 0 Å². The van der Waals surface area contributed by atoms with Crippen molar-refractivity contribution in [1.29, 1.82) is 0 Å². The van der Waals surface area contributed by atoms with E-state index in [0.29, 0.717) is 0 Å². The van der Waals surface area contributed by atoms with Crippen LogP contribution in [0, 0.1) is 40.8 Å². The Morgan fingerprint density at radius 3 is 1.50 bits per heavy atom. The fourth-order valence-corrected chi connectivity index (χ4v) is 0. The fourth-order valence-electron chi connectivity index (χ4n) is 0. The predicted molar refractivity (Wildman–Crippen MR) is 12.7 cm³/mol. The van der Waals surface area contributed by atoms with Crippen molar-refractivity contribution in [3.8, 4) is 0 Å². The molecule has 0 fully saturated rings. The van der Waals surface area contributed by atoms with Crippen LogP contribution in [0.2, 0.25) is 0 Å². The van der Waals surface area contributed by atoms with E-state index in [9.17, 15) is 3.89 Å². The van der Waals surface area contributed by atoms with Gasteiger partial charge in [-0.1, -0.05) is 3.89 Å². The zero-order chi connectivity index (χ0) is 4.50. The quantitative estimate of drug-likeness (QED) is 0.472. The maximum Gasteiger partial charge on any atom is 0.435 e. The summed E-state index contributed by atoms with van der Waals surface area (Å²) in [5.41, 5.74) is 0. The van der Waals surface area contributed by atoms with Gasteiger partial charge in [0, 0.05) is 40.8 Å². The van der Waals surface area contributed by atoms with E-state index >= 15 is 0 Å². The molecular formula is HFNdO3S. The third kappa shape index (κ3) is 64.3. The Labute approximate surface area is 67.5 Å². The minimum atomic E-state index is -5.17. The van der Waals surface area contributed by atoms with Gasteiger partial charge in [0.05, 0.1) is 0 Å². The summed E-state index contributed by atoms with van der Waals surface area (Å²) in [6.45, 7) is 0. The maximum atomic E-state index is 10.2. The average molecular weight is 244 g/mol. The molecule has 0 aromatic rings. The van der Waals surface area contributed by atoms with Gasteiger partial charge in [0.1, 0.15) is 0 Å². The molecule has 0 bridgehead atoms. The second-order valence-electron chi connectivity index (χ2n) is 0.412. The SMILES string of the molecule is O=S(=O)(O)F.[Nd]. The molecule has 0 aliphatic carbocycles. The molecule has 0 aromatic heterocycles. The molecule has 0 saturated carbocycles. The van der Waals surface area contributed by atoms with Crippen LogP contribution in [0.25, 0.3) is 0 Å². The molecule has 0 aliphatic rings. The van der Waals surface area contributed by atoms with Crippen molar-refractivity contribution in [2.75, 3.05) is 0 Å². The summed E-state index contributed by atoms with van der Waals surface area (Å²) in [6.07, 6.45) is 0. The first kappa shape index (κ1) is 10.2. The van der Waals surface area contributed by atoms with Crippen molar-refractivity contribution < 1.29 is 57.7 Å². The number of hydrogen-bond acceptors (Lipinski definition) is 2. The molecule has 36 valence electrons. The van der Waals surface area contributed by atoms with E-state index in [1.165, 1.54) is 0 Å². The van der Waals surface area contributed by atoms with E-state index in [4.69, 9.17) is 13.0 Å². The minimum Gasteiger partial charge on any atom is -0.260 e. The van der Waals surface area contributed by atoms with Crippen molar-refractivity contribution in [3.63, 3.8) is 0 Å². The van der Waals surface area contributed by atoms with E-state index in [1.54, 1.807) is 0 Å². The zero-order valence-corrected chi connectivity index (χ0v) is 6.57. The summed E-state index contributed by atoms with van der Waals surface area (Å²) in [4.78, 5) is 0. The summed E-state index contributed by atoms with van der Waals surface area (Å²) in [5, 5.41) is 0. The maximum absolute atomic E-state index is 10.2. The van der Waals surface area contributed by atoms with Crippen LogP contribution in [0.1, 0.15) is 0 Å². The van der Waals surface area contributed by atoms with Gasteiger partial charge >= 0.3 is 10.5 Å². The van der Waals surface area contributed by atoms with Gasteiger partial charge in [-0.3, -0.25) is 4.55 Å². The molecule has 0 aliphatic heterocycles. The molecule has 0 saturated heterocycles. The molecule has 0 rings (SSSR count). The molecule has 6 heteroatoms. The van der Waals surface area contributed by atoms with E-state index in [1.807, 2.05) is 0 Å². The second-order valence-corrected chi connectivity index (χ2v) is 1.24. The molecule has 0 heterocycles. The first-order valence-electron chi connectivity index (χ1n) is 0.670. The van der Waals surface area contributed by atoms with Crippen LogP contribution in [0.3, 0.4) is 0 Å². The van der Waals surface area contributed by atoms with E-state index < -0.39 is 10.5 Å². The fraction of sp³-hybridized carbons (Fsp3) is 0. The second kappa shape index (κ2) is 3.23. The first-order valence-corrected chi connectivity index (χ1v) is 2.01. The van der Waals surface area contributed by atoms with Crippen molar-refractivity contribution in [2.24, 2.45) is 0 Å². The van der Waals surface area contributed by atoms with Crippen molar-refractivity contribution in [2.45, 2.75) is 0 Å². The molecular weight excluding hydrogens is 243 g/mol.